The Morgan fingerprint density at radius 1 is 1.35 bits per heavy atom. The van der Waals surface area contributed by atoms with Crippen LogP contribution in [0.4, 0.5) is 0 Å². The van der Waals surface area contributed by atoms with Gasteiger partial charge in [0.15, 0.2) is 0 Å². The highest BCUT2D eigenvalue weighted by Gasteiger charge is 2.02. The van der Waals surface area contributed by atoms with Gasteiger partial charge in [-0.1, -0.05) is 11.6 Å². The van der Waals surface area contributed by atoms with Gasteiger partial charge in [-0.05, 0) is 64.0 Å². The predicted molar refractivity (Wildman–Crippen MR) is 98.6 cm³/mol. The standard InChI is InChI=1S/C16H14BrClN2O2S/c1-22-15-7-2-11(8-14(15)17)9-19-20-16(21)10-23-13-5-3-12(18)4-6-13/h2-9H,10H2,1H3,(H,20,21)/b19-9-. The lowest BCUT2D eigenvalue weighted by Gasteiger charge is -2.03. The summed E-state index contributed by atoms with van der Waals surface area (Å²) in [7, 11) is 1.60. The molecule has 4 nitrogen and oxygen atoms in total. The van der Waals surface area contributed by atoms with Crippen molar-refractivity contribution in [3.05, 3.63) is 57.5 Å². The molecule has 2 aromatic carbocycles. The van der Waals surface area contributed by atoms with Gasteiger partial charge in [0.1, 0.15) is 5.75 Å². The van der Waals surface area contributed by atoms with E-state index < -0.39 is 0 Å². The average molecular weight is 414 g/mol. The van der Waals surface area contributed by atoms with Crippen molar-refractivity contribution in [2.75, 3.05) is 12.9 Å². The van der Waals surface area contributed by atoms with E-state index in [9.17, 15) is 4.79 Å². The fourth-order valence-electron chi connectivity index (χ4n) is 1.65. The van der Waals surface area contributed by atoms with Gasteiger partial charge in [0.25, 0.3) is 0 Å². The van der Waals surface area contributed by atoms with Crippen molar-refractivity contribution in [1.82, 2.24) is 5.43 Å². The zero-order valence-corrected chi connectivity index (χ0v) is 15.4. The van der Waals surface area contributed by atoms with E-state index in [2.05, 4.69) is 26.5 Å². The highest BCUT2D eigenvalue weighted by molar-refractivity contribution is 9.10. The van der Waals surface area contributed by atoms with Crippen LogP contribution in [0, 0.1) is 0 Å². The summed E-state index contributed by atoms with van der Waals surface area (Å²) >= 11 is 10.6. The number of thioether (sulfide) groups is 1. The minimum atomic E-state index is -0.172. The van der Waals surface area contributed by atoms with Gasteiger partial charge >= 0.3 is 0 Å². The van der Waals surface area contributed by atoms with Crippen molar-refractivity contribution >= 4 is 51.4 Å². The zero-order valence-electron chi connectivity index (χ0n) is 12.3. The van der Waals surface area contributed by atoms with Crippen LogP contribution in [0.15, 0.2) is 56.9 Å². The Kier molecular flexibility index (Phi) is 6.95. The molecular weight excluding hydrogens is 400 g/mol. The van der Waals surface area contributed by atoms with E-state index in [0.29, 0.717) is 5.02 Å². The highest BCUT2D eigenvalue weighted by Crippen LogP contribution is 2.24. The van der Waals surface area contributed by atoms with Crippen LogP contribution in [0.5, 0.6) is 5.75 Å². The van der Waals surface area contributed by atoms with Gasteiger partial charge in [0.05, 0.1) is 23.5 Å². The number of amides is 1. The molecule has 0 heterocycles. The first-order valence-electron chi connectivity index (χ1n) is 6.62. The lowest BCUT2D eigenvalue weighted by molar-refractivity contribution is -0.118. The molecule has 0 bridgehead atoms. The Balaban J connectivity index is 1.81. The molecule has 2 rings (SSSR count). The second-order valence-electron chi connectivity index (χ2n) is 4.43. The minimum Gasteiger partial charge on any atom is -0.496 e. The Labute approximate surface area is 152 Å². The van der Waals surface area contributed by atoms with Gasteiger partial charge in [-0.25, -0.2) is 5.43 Å². The fourth-order valence-corrected chi connectivity index (χ4v) is 3.03. The Hall–Kier alpha value is -1.50. The number of nitrogens with one attached hydrogen (secondary N) is 1. The summed E-state index contributed by atoms with van der Waals surface area (Å²) in [5.74, 6) is 0.852. The maximum Gasteiger partial charge on any atom is 0.250 e. The third kappa shape index (κ3) is 5.89. The summed E-state index contributed by atoms with van der Waals surface area (Å²) in [6, 6.07) is 12.9. The second kappa shape index (κ2) is 8.96. The molecule has 0 spiro atoms. The van der Waals surface area contributed by atoms with E-state index in [-0.39, 0.29) is 11.7 Å². The number of methoxy groups -OCH3 is 1. The monoisotopic (exact) mass is 412 g/mol. The quantitative estimate of drug-likeness (QED) is 0.435. The molecule has 23 heavy (non-hydrogen) atoms. The van der Waals surface area contributed by atoms with Crippen molar-refractivity contribution < 1.29 is 9.53 Å². The molecule has 0 aliphatic rings. The summed E-state index contributed by atoms with van der Waals surface area (Å²) in [6.07, 6.45) is 1.58. The molecule has 0 saturated carbocycles. The molecular formula is C16H14BrClN2O2S. The molecule has 1 N–H and O–H groups in total. The van der Waals surface area contributed by atoms with Gasteiger partial charge in [0, 0.05) is 9.92 Å². The lowest BCUT2D eigenvalue weighted by Crippen LogP contribution is -2.19. The molecule has 0 aromatic heterocycles. The number of hydrogen-bond donors (Lipinski definition) is 1. The van der Waals surface area contributed by atoms with Crippen LogP contribution in [-0.2, 0) is 4.79 Å². The summed E-state index contributed by atoms with van der Waals surface area (Å²) in [4.78, 5) is 12.7. The topological polar surface area (TPSA) is 50.7 Å². The van der Waals surface area contributed by atoms with Crippen LogP contribution in [-0.4, -0.2) is 25.0 Å². The molecule has 0 atom stereocenters. The van der Waals surface area contributed by atoms with Gasteiger partial charge in [-0.2, -0.15) is 5.10 Å². The smallest absolute Gasteiger partial charge is 0.250 e. The van der Waals surface area contributed by atoms with E-state index in [0.717, 1.165) is 20.7 Å². The minimum absolute atomic E-state index is 0.172. The normalized spacial score (nSPS) is 10.7. The van der Waals surface area contributed by atoms with Crippen LogP contribution < -0.4 is 10.2 Å². The first kappa shape index (κ1) is 17.8. The molecule has 0 unspecified atom stereocenters. The van der Waals surface area contributed by atoms with Crippen LogP contribution in [0.1, 0.15) is 5.56 Å². The first-order chi connectivity index (χ1) is 11.1. The van der Waals surface area contributed by atoms with Crippen LogP contribution in [0.3, 0.4) is 0 Å². The van der Waals surface area contributed by atoms with E-state index in [1.807, 2.05) is 30.3 Å². The van der Waals surface area contributed by atoms with Gasteiger partial charge in [-0.15, -0.1) is 11.8 Å². The Morgan fingerprint density at radius 2 is 2.09 bits per heavy atom. The predicted octanol–water partition coefficient (Wildman–Crippen LogP) is 4.35. The molecule has 0 aliphatic heterocycles. The summed E-state index contributed by atoms with van der Waals surface area (Å²) < 4.78 is 5.98. The lowest BCUT2D eigenvalue weighted by atomic mass is 10.2. The fraction of sp³-hybridized carbons (Fsp3) is 0.125. The van der Waals surface area contributed by atoms with E-state index in [1.165, 1.54) is 11.8 Å². The summed E-state index contributed by atoms with van der Waals surface area (Å²) in [5.41, 5.74) is 3.35. The highest BCUT2D eigenvalue weighted by atomic mass is 79.9. The first-order valence-corrected chi connectivity index (χ1v) is 8.78. The third-order valence-corrected chi connectivity index (χ3v) is 4.65. The van der Waals surface area contributed by atoms with E-state index in [4.69, 9.17) is 16.3 Å². The molecule has 0 radical (unpaired) electrons. The number of benzene rings is 2. The number of nitrogens with zero attached hydrogens (tertiary/aromatic N) is 1. The van der Waals surface area contributed by atoms with Crippen LogP contribution >= 0.6 is 39.3 Å². The van der Waals surface area contributed by atoms with Gasteiger partial charge in [-0.3, -0.25) is 4.79 Å². The maximum absolute atomic E-state index is 11.7. The number of ether oxygens (including phenoxy) is 1. The van der Waals surface area contributed by atoms with Crippen LogP contribution in [0.2, 0.25) is 5.02 Å². The molecule has 1 amide bonds. The molecule has 0 fully saturated rings. The summed E-state index contributed by atoms with van der Waals surface area (Å²) in [6.45, 7) is 0. The number of halogens is 2. The van der Waals surface area contributed by atoms with Crippen LogP contribution in [0.25, 0.3) is 0 Å². The SMILES string of the molecule is COc1ccc(/C=N\NC(=O)CSc2ccc(Cl)cc2)cc1Br. The number of hydrazone groups is 1. The van der Waals surface area contributed by atoms with Crippen molar-refractivity contribution in [1.29, 1.82) is 0 Å². The molecule has 2 aromatic rings. The van der Waals surface area contributed by atoms with E-state index in [1.54, 1.807) is 25.5 Å². The Morgan fingerprint density at radius 3 is 2.74 bits per heavy atom. The largest absolute Gasteiger partial charge is 0.496 e. The van der Waals surface area contributed by atoms with E-state index >= 15 is 0 Å². The second-order valence-corrected chi connectivity index (χ2v) is 6.77. The Bertz CT molecular complexity index is 708. The number of hydrogen-bond acceptors (Lipinski definition) is 4. The number of carbonyl (C=O) groups is 1. The average Bonchev–Trinajstić information content (AvgIpc) is 2.54. The van der Waals surface area contributed by atoms with Crippen molar-refractivity contribution in [2.24, 2.45) is 5.10 Å². The number of rotatable bonds is 6. The third-order valence-electron chi connectivity index (χ3n) is 2.76. The van der Waals surface area contributed by atoms with Crippen molar-refractivity contribution in [3.63, 3.8) is 0 Å². The van der Waals surface area contributed by atoms with Gasteiger partial charge in [0.2, 0.25) is 5.91 Å². The molecule has 0 aliphatic carbocycles. The van der Waals surface area contributed by atoms with Crippen molar-refractivity contribution in [2.45, 2.75) is 4.90 Å². The molecule has 0 saturated heterocycles. The zero-order chi connectivity index (χ0) is 16.7. The summed E-state index contributed by atoms with van der Waals surface area (Å²) in [5, 5.41) is 4.62. The van der Waals surface area contributed by atoms with Crippen molar-refractivity contribution in [3.8, 4) is 5.75 Å². The van der Waals surface area contributed by atoms with Gasteiger partial charge < -0.3 is 4.74 Å². The number of carbonyl (C=O) groups excluding carboxylic acids is 1. The molecule has 120 valence electrons. The molecule has 7 heteroatoms. The maximum atomic E-state index is 11.7.